The van der Waals surface area contributed by atoms with E-state index in [0.717, 1.165) is 46.6 Å². The highest BCUT2D eigenvalue weighted by molar-refractivity contribution is 5.82. The van der Waals surface area contributed by atoms with Gasteiger partial charge in [0.15, 0.2) is 0 Å². The minimum atomic E-state index is 0.374. The van der Waals surface area contributed by atoms with Gasteiger partial charge in [-0.1, -0.05) is 49.7 Å². The summed E-state index contributed by atoms with van der Waals surface area (Å²) in [5.74, 6) is 1.54. The molecule has 3 aromatic rings. The lowest BCUT2D eigenvalue weighted by atomic mass is 9.90. The molecule has 144 valence electrons. The van der Waals surface area contributed by atoms with Crippen molar-refractivity contribution in [3.05, 3.63) is 71.8 Å². The van der Waals surface area contributed by atoms with Gasteiger partial charge in [-0.2, -0.15) is 10.5 Å². The maximum atomic E-state index is 9.80. The van der Waals surface area contributed by atoms with E-state index in [0.29, 0.717) is 17.7 Å². The number of benzene rings is 3. The minimum absolute atomic E-state index is 0.374. The van der Waals surface area contributed by atoms with Crippen LogP contribution in [0.5, 0.6) is 11.5 Å². The molecule has 4 heteroatoms. The molecule has 0 bridgehead atoms. The molecule has 0 saturated carbocycles. The average molecular weight is 382 g/mol. The van der Waals surface area contributed by atoms with Crippen LogP contribution >= 0.6 is 0 Å². The molecule has 0 aliphatic rings. The minimum Gasteiger partial charge on any atom is -0.497 e. The summed E-state index contributed by atoms with van der Waals surface area (Å²) in [5, 5.41) is 19.6. The van der Waals surface area contributed by atoms with Crippen molar-refractivity contribution in [2.75, 3.05) is 13.7 Å². The van der Waals surface area contributed by atoms with E-state index in [-0.39, 0.29) is 0 Å². The molecule has 29 heavy (non-hydrogen) atoms. The lowest BCUT2D eigenvalue weighted by Crippen LogP contribution is -1.97. The van der Waals surface area contributed by atoms with Crippen LogP contribution in [-0.4, -0.2) is 13.7 Å². The molecule has 3 aromatic carbocycles. The van der Waals surface area contributed by atoms with Gasteiger partial charge < -0.3 is 9.47 Å². The summed E-state index contributed by atoms with van der Waals surface area (Å²) in [6.07, 6.45) is 2.10. The Balaban J connectivity index is 1.98. The molecule has 0 fully saturated rings. The van der Waals surface area contributed by atoms with Gasteiger partial charge in [-0.25, -0.2) is 0 Å². The zero-order chi connectivity index (χ0) is 20.6. The number of nitriles is 2. The van der Waals surface area contributed by atoms with Crippen molar-refractivity contribution in [1.82, 2.24) is 0 Å². The van der Waals surface area contributed by atoms with Crippen molar-refractivity contribution < 1.29 is 9.47 Å². The largest absolute Gasteiger partial charge is 0.497 e. The van der Waals surface area contributed by atoms with Crippen LogP contribution in [0, 0.1) is 22.7 Å². The Morgan fingerprint density at radius 1 is 0.724 bits per heavy atom. The summed E-state index contributed by atoms with van der Waals surface area (Å²) >= 11 is 0. The van der Waals surface area contributed by atoms with Crippen LogP contribution in [0.1, 0.15) is 30.9 Å². The van der Waals surface area contributed by atoms with Crippen LogP contribution in [0.2, 0.25) is 0 Å². The van der Waals surface area contributed by atoms with Gasteiger partial charge in [0.25, 0.3) is 0 Å². The summed E-state index contributed by atoms with van der Waals surface area (Å²) in [6, 6.07) is 23.3. The number of ether oxygens (including phenoxy) is 2. The third kappa shape index (κ3) is 4.39. The van der Waals surface area contributed by atoms with E-state index in [4.69, 9.17) is 9.47 Å². The molecule has 0 heterocycles. The molecule has 0 unspecified atom stereocenters. The van der Waals surface area contributed by atoms with Crippen molar-refractivity contribution in [1.29, 1.82) is 10.5 Å². The third-order valence-corrected chi connectivity index (χ3v) is 4.76. The molecule has 0 saturated heterocycles. The lowest BCUT2D eigenvalue weighted by Gasteiger charge is -2.12. The van der Waals surface area contributed by atoms with E-state index in [1.807, 2.05) is 60.7 Å². The third-order valence-electron chi connectivity index (χ3n) is 4.76. The monoisotopic (exact) mass is 382 g/mol. The molecule has 0 aliphatic carbocycles. The van der Waals surface area contributed by atoms with E-state index < -0.39 is 0 Å². The smallest absolute Gasteiger partial charge is 0.119 e. The highest BCUT2D eigenvalue weighted by Crippen LogP contribution is 2.34. The second-order valence-electron chi connectivity index (χ2n) is 6.59. The first-order valence-electron chi connectivity index (χ1n) is 9.56. The molecule has 0 N–H and O–H groups in total. The van der Waals surface area contributed by atoms with Gasteiger partial charge in [0.2, 0.25) is 0 Å². The highest BCUT2D eigenvalue weighted by atomic mass is 16.5. The van der Waals surface area contributed by atoms with Crippen LogP contribution in [0.4, 0.5) is 0 Å². The van der Waals surface area contributed by atoms with Gasteiger partial charge in [-0.05, 0) is 41.8 Å². The van der Waals surface area contributed by atoms with Gasteiger partial charge in [0.1, 0.15) is 23.6 Å². The molecule has 0 amide bonds. The lowest BCUT2D eigenvalue weighted by molar-refractivity contribution is 0.309. The SMILES string of the molecule is CCCCOc1ccc(-c2ccc(-c3ccc(OC)cc3)c(C#N)c2C#N)cc1. The average Bonchev–Trinajstić information content (AvgIpc) is 2.78. The number of nitrogens with zero attached hydrogens (tertiary/aromatic N) is 2. The summed E-state index contributed by atoms with van der Waals surface area (Å²) < 4.78 is 10.9. The van der Waals surface area contributed by atoms with E-state index in [9.17, 15) is 10.5 Å². The predicted octanol–water partition coefficient (Wildman–Crippen LogP) is 5.95. The number of methoxy groups -OCH3 is 1. The molecule has 0 atom stereocenters. The van der Waals surface area contributed by atoms with E-state index in [2.05, 4.69) is 19.1 Å². The van der Waals surface area contributed by atoms with Gasteiger partial charge in [0, 0.05) is 11.1 Å². The Kier molecular flexibility index (Phi) is 6.51. The molecule has 0 aromatic heterocycles. The van der Waals surface area contributed by atoms with Gasteiger partial charge in [-0.15, -0.1) is 0 Å². The van der Waals surface area contributed by atoms with Crippen molar-refractivity contribution >= 4 is 0 Å². The Bertz CT molecular complexity index is 1060. The molecule has 0 spiro atoms. The highest BCUT2D eigenvalue weighted by Gasteiger charge is 2.16. The van der Waals surface area contributed by atoms with Crippen LogP contribution in [0.3, 0.4) is 0 Å². The summed E-state index contributed by atoms with van der Waals surface area (Å²) in [5.41, 5.74) is 3.96. The quantitative estimate of drug-likeness (QED) is 0.474. The summed E-state index contributed by atoms with van der Waals surface area (Å²) in [6.45, 7) is 2.81. The number of hydrogen-bond donors (Lipinski definition) is 0. The van der Waals surface area contributed by atoms with Crippen molar-refractivity contribution in [2.45, 2.75) is 19.8 Å². The Morgan fingerprint density at radius 3 is 1.62 bits per heavy atom. The number of hydrogen-bond acceptors (Lipinski definition) is 4. The second kappa shape index (κ2) is 9.44. The summed E-state index contributed by atoms with van der Waals surface area (Å²) in [7, 11) is 1.61. The van der Waals surface area contributed by atoms with Crippen molar-refractivity contribution in [2.24, 2.45) is 0 Å². The predicted molar refractivity (Wildman–Crippen MR) is 114 cm³/mol. The van der Waals surface area contributed by atoms with Crippen LogP contribution < -0.4 is 9.47 Å². The molecule has 3 rings (SSSR count). The fourth-order valence-corrected chi connectivity index (χ4v) is 3.15. The van der Waals surface area contributed by atoms with Crippen LogP contribution in [0.25, 0.3) is 22.3 Å². The number of rotatable bonds is 7. The Hall–Kier alpha value is -3.76. The molecule has 0 radical (unpaired) electrons. The normalized spacial score (nSPS) is 10.1. The first-order valence-corrected chi connectivity index (χ1v) is 9.56. The van der Waals surface area contributed by atoms with E-state index in [1.54, 1.807) is 7.11 Å². The van der Waals surface area contributed by atoms with Crippen molar-refractivity contribution in [3.8, 4) is 45.9 Å². The van der Waals surface area contributed by atoms with E-state index in [1.165, 1.54) is 0 Å². The maximum absolute atomic E-state index is 9.80. The van der Waals surface area contributed by atoms with Gasteiger partial charge in [0.05, 0.1) is 24.8 Å². The topological polar surface area (TPSA) is 66.0 Å². The molecular formula is C25H22N2O2. The van der Waals surface area contributed by atoms with Gasteiger partial charge >= 0.3 is 0 Å². The zero-order valence-corrected chi connectivity index (χ0v) is 16.6. The first-order chi connectivity index (χ1) is 14.2. The fourth-order valence-electron chi connectivity index (χ4n) is 3.15. The molecule has 0 aliphatic heterocycles. The fraction of sp³-hybridized carbons (Fsp3) is 0.200. The molecular weight excluding hydrogens is 360 g/mol. The maximum Gasteiger partial charge on any atom is 0.119 e. The van der Waals surface area contributed by atoms with Crippen LogP contribution in [-0.2, 0) is 0 Å². The van der Waals surface area contributed by atoms with Crippen LogP contribution in [0.15, 0.2) is 60.7 Å². The summed E-state index contributed by atoms with van der Waals surface area (Å²) in [4.78, 5) is 0. The first kappa shape index (κ1) is 20.0. The second-order valence-corrected chi connectivity index (χ2v) is 6.59. The molecule has 4 nitrogen and oxygen atoms in total. The van der Waals surface area contributed by atoms with Gasteiger partial charge in [-0.3, -0.25) is 0 Å². The zero-order valence-electron chi connectivity index (χ0n) is 16.6. The number of unbranched alkanes of at least 4 members (excludes halogenated alkanes) is 1. The standard InChI is InChI=1S/C25H22N2O2/c1-3-4-15-29-21-11-7-19(8-12-21)23-14-13-22(24(16-26)25(23)17-27)18-5-9-20(28-2)10-6-18/h5-14H,3-4,15H2,1-2H3. The van der Waals surface area contributed by atoms with E-state index >= 15 is 0 Å². The Labute approximate surface area is 171 Å². The van der Waals surface area contributed by atoms with Crippen molar-refractivity contribution in [3.63, 3.8) is 0 Å². The Morgan fingerprint density at radius 2 is 1.21 bits per heavy atom.